The summed E-state index contributed by atoms with van der Waals surface area (Å²) in [6, 6.07) is 0.969. The van der Waals surface area contributed by atoms with Crippen molar-refractivity contribution in [2.75, 3.05) is 7.11 Å². The highest BCUT2D eigenvalue weighted by Crippen LogP contribution is 2.19. The van der Waals surface area contributed by atoms with Crippen LogP contribution in [0.5, 0.6) is 0 Å². The lowest BCUT2D eigenvalue weighted by Crippen LogP contribution is -2.46. The van der Waals surface area contributed by atoms with Crippen molar-refractivity contribution in [1.29, 1.82) is 0 Å². The predicted octanol–water partition coefficient (Wildman–Crippen LogP) is 3.20. The molecule has 21 heavy (non-hydrogen) atoms. The summed E-state index contributed by atoms with van der Waals surface area (Å²) in [5, 5.41) is 0. The first-order valence-corrected chi connectivity index (χ1v) is 12.8. The SMILES string of the molecule is CCCCCC[Si](OC)(O[SiH2]C=C(C)C)O[SiH2]C=C(C)C. The molecule has 0 aromatic rings. The van der Waals surface area contributed by atoms with E-state index < -0.39 is 28.3 Å². The topological polar surface area (TPSA) is 27.7 Å². The van der Waals surface area contributed by atoms with Gasteiger partial charge in [-0.25, -0.2) is 0 Å². The zero-order valence-corrected chi connectivity index (χ0v) is 18.7. The van der Waals surface area contributed by atoms with Crippen LogP contribution in [-0.4, -0.2) is 35.4 Å². The maximum absolute atomic E-state index is 6.21. The Morgan fingerprint density at radius 3 is 1.81 bits per heavy atom. The van der Waals surface area contributed by atoms with Gasteiger partial charge in [0.15, 0.2) is 19.5 Å². The maximum atomic E-state index is 6.21. The Labute approximate surface area is 137 Å². The molecule has 124 valence electrons. The van der Waals surface area contributed by atoms with Crippen LogP contribution in [-0.2, 0) is 12.7 Å². The Kier molecular flexibility index (Phi) is 12.6. The van der Waals surface area contributed by atoms with Crippen LogP contribution in [0, 0.1) is 0 Å². The molecule has 0 saturated carbocycles. The summed E-state index contributed by atoms with van der Waals surface area (Å²) in [6.07, 6.45) is 4.93. The van der Waals surface area contributed by atoms with Gasteiger partial charge in [-0.3, -0.25) is 0 Å². The van der Waals surface area contributed by atoms with Crippen LogP contribution >= 0.6 is 0 Å². The Bertz CT molecular complexity index is 300. The third-order valence-corrected chi connectivity index (χ3v) is 11.6. The van der Waals surface area contributed by atoms with Gasteiger partial charge in [0.25, 0.3) is 0 Å². The quantitative estimate of drug-likeness (QED) is 0.401. The fourth-order valence-electron chi connectivity index (χ4n) is 1.84. The first kappa shape index (κ1) is 21.0. The minimum absolute atomic E-state index is 0.687. The Balaban J connectivity index is 4.57. The molecule has 0 spiro atoms. The van der Waals surface area contributed by atoms with Gasteiger partial charge in [-0.2, -0.15) is 0 Å². The van der Waals surface area contributed by atoms with Gasteiger partial charge < -0.3 is 12.7 Å². The van der Waals surface area contributed by atoms with Gasteiger partial charge in [0.05, 0.1) is 0 Å². The van der Waals surface area contributed by atoms with E-state index in [4.69, 9.17) is 12.7 Å². The first-order valence-electron chi connectivity index (χ1n) is 8.05. The normalized spacial score (nSPS) is 14.8. The average Bonchev–Trinajstić information content (AvgIpc) is 2.42. The maximum Gasteiger partial charge on any atom is 0.479 e. The zero-order valence-electron chi connectivity index (χ0n) is 14.8. The molecular weight excluding hydrogens is 312 g/mol. The van der Waals surface area contributed by atoms with Crippen molar-refractivity contribution in [3.05, 3.63) is 22.5 Å². The van der Waals surface area contributed by atoms with Gasteiger partial charge in [-0.1, -0.05) is 48.7 Å². The van der Waals surface area contributed by atoms with Crippen LogP contribution in [0.25, 0.3) is 0 Å². The van der Waals surface area contributed by atoms with Crippen LogP contribution in [0.3, 0.4) is 0 Å². The average molecular weight is 347 g/mol. The molecule has 0 aromatic carbocycles. The standard InChI is InChI=1S/C15H34O3Si3/c1-7-8-9-10-11-21(16-6,17-19-12-14(2)3)18-20-13-15(4)5/h12-13H,7-11,19-20H2,1-6H3. The molecule has 0 unspecified atom stereocenters. The van der Waals surface area contributed by atoms with E-state index in [0.717, 1.165) is 12.5 Å². The monoisotopic (exact) mass is 346 g/mol. The Morgan fingerprint density at radius 1 is 0.905 bits per heavy atom. The molecule has 0 rings (SSSR count). The summed E-state index contributed by atoms with van der Waals surface area (Å²) in [4.78, 5) is 0. The van der Waals surface area contributed by atoms with E-state index in [9.17, 15) is 0 Å². The third-order valence-electron chi connectivity index (χ3n) is 3.24. The highest BCUT2D eigenvalue weighted by molar-refractivity contribution is 6.71. The molecule has 0 heterocycles. The summed E-state index contributed by atoms with van der Waals surface area (Å²) < 4.78 is 18.2. The molecule has 0 amide bonds. The zero-order chi connectivity index (χ0) is 16.1. The second kappa shape index (κ2) is 12.5. The molecule has 0 aromatic heterocycles. The largest absolute Gasteiger partial charge is 0.479 e. The van der Waals surface area contributed by atoms with E-state index >= 15 is 0 Å². The van der Waals surface area contributed by atoms with Crippen molar-refractivity contribution in [2.45, 2.75) is 66.3 Å². The molecule has 0 bridgehead atoms. The van der Waals surface area contributed by atoms with Crippen molar-refractivity contribution >= 4 is 28.3 Å². The van der Waals surface area contributed by atoms with Crippen LogP contribution in [0.2, 0.25) is 6.04 Å². The van der Waals surface area contributed by atoms with Gasteiger partial charge in [0.1, 0.15) is 0 Å². The highest BCUT2D eigenvalue weighted by Gasteiger charge is 2.37. The number of hydrogen-bond acceptors (Lipinski definition) is 3. The molecule has 0 N–H and O–H groups in total. The minimum atomic E-state index is -2.42. The van der Waals surface area contributed by atoms with Crippen LogP contribution in [0.4, 0.5) is 0 Å². The van der Waals surface area contributed by atoms with Crippen LogP contribution in [0.1, 0.15) is 60.3 Å². The van der Waals surface area contributed by atoms with Gasteiger partial charge in [-0.05, 0) is 34.1 Å². The molecule has 0 aliphatic heterocycles. The fourth-order valence-corrected chi connectivity index (χ4v) is 9.28. The Morgan fingerprint density at radius 2 is 1.43 bits per heavy atom. The number of allylic oxidation sites excluding steroid dienone is 2. The van der Waals surface area contributed by atoms with Crippen LogP contribution < -0.4 is 0 Å². The smallest absolute Gasteiger partial charge is 0.418 e. The predicted molar refractivity (Wildman–Crippen MR) is 99.8 cm³/mol. The van der Waals surface area contributed by atoms with E-state index in [0.29, 0.717) is 0 Å². The number of hydrogen-bond donors (Lipinski definition) is 0. The molecule has 0 aliphatic carbocycles. The van der Waals surface area contributed by atoms with Gasteiger partial charge >= 0.3 is 8.80 Å². The summed E-state index contributed by atoms with van der Waals surface area (Å²) in [5.74, 6) is 0. The van der Waals surface area contributed by atoms with Crippen LogP contribution in [0.15, 0.2) is 22.5 Å². The second-order valence-corrected chi connectivity index (χ2v) is 11.9. The Hall–Kier alpha value is 0.0106. The van der Waals surface area contributed by atoms with E-state index in [1.807, 2.05) is 0 Å². The van der Waals surface area contributed by atoms with Crippen molar-refractivity contribution in [1.82, 2.24) is 0 Å². The minimum Gasteiger partial charge on any atom is -0.418 e. The van der Waals surface area contributed by atoms with E-state index in [1.54, 1.807) is 7.11 Å². The molecule has 0 radical (unpaired) electrons. The lowest BCUT2D eigenvalue weighted by Gasteiger charge is -2.28. The van der Waals surface area contributed by atoms with Crippen molar-refractivity contribution in [3.8, 4) is 0 Å². The lowest BCUT2D eigenvalue weighted by molar-refractivity contribution is 0.213. The molecule has 3 nitrogen and oxygen atoms in total. The van der Waals surface area contributed by atoms with E-state index in [2.05, 4.69) is 46.0 Å². The third kappa shape index (κ3) is 11.3. The molecular formula is C15H34O3Si3. The van der Waals surface area contributed by atoms with Gasteiger partial charge in [-0.15, -0.1) is 0 Å². The van der Waals surface area contributed by atoms with Crippen molar-refractivity contribution in [2.24, 2.45) is 0 Å². The summed E-state index contributed by atoms with van der Waals surface area (Å²) in [6.45, 7) is 10.7. The van der Waals surface area contributed by atoms with Gasteiger partial charge in [0.2, 0.25) is 0 Å². The van der Waals surface area contributed by atoms with Crippen molar-refractivity contribution in [3.63, 3.8) is 0 Å². The number of unbranched alkanes of at least 4 members (excludes halogenated alkanes) is 3. The summed E-state index contributed by atoms with van der Waals surface area (Å²) in [5.41, 5.74) is 7.12. The van der Waals surface area contributed by atoms with E-state index in [-0.39, 0.29) is 0 Å². The second-order valence-electron chi connectivity index (χ2n) is 5.88. The summed E-state index contributed by atoms with van der Waals surface area (Å²) >= 11 is 0. The molecule has 0 fully saturated rings. The molecule has 0 aliphatic rings. The first-order chi connectivity index (χ1) is 9.95. The van der Waals surface area contributed by atoms with E-state index in [1.165, 1.54) is 30.4 Å². The molecule has 0 saturated heterocycles. The number of rotatable bonds is 12. The molecule has 6 heteroatoms. The van der Waals surface area contributed by atoms with Crippen molar-refractivity contribution < 1.29 is 12.7 Å². The lowest BCUT2D eigenvalue weighted by atomic mass is 10.2. The fraction of sp³-hybridized carbons (Fsp3) is 0.733. The summed E-state index contributed by atoms with van der Waals surface area (Å²) in [7, 11) is -2.03. The highest BCUT2D eigenvalue weighted by atomic mass is 28.4. The molecule has 0 atom stereocenters. The van der Waals surface area contributed by atoms with Gasteiger partial charge in [0, 0.05) is 13.2 Å².